The number of aryl methyl sites for hydroxylation is 3. The Morgan fingerprint density at radius 1 is 1.16 bits per heavy atom. The van der Waals surface area contributed by atoms with Crippen LogP contribution < -0.4 is 0 Å². The Bertz CT molecular complexity index is 584. The van der Waals surface area contributed by atoms with Crippen LogP contribution in [0.1, 0.15) is 30.3 Å². The van der Waals surface area contributed by atoms with E-state index >= 15 is 0 Å². The highest BCUT2D eigenvalue weighted by molar-refractivity contribution is 7.99. The quantitative estimate of drug-likeness (QED) is 0.753. The molecule has 0 fully saturated rings. The van der Waals surface area contributed by atoms with Gasteiger partial charge in [0.15, 0.2) is 0 Å². The topological polar surface area (TPSA) is 25.8 Å². The summed E-state index contributed by atoms with van der Waals surface area (Å²) in [6, 6.07) is 8.25. The molecular formula is C15H17ClN2S. The Hall–Kier alpha value is -1.06. The standard InChI is InChI=1S/C15H17ClN2S/c1-4-5-14-17-13(16)9-15(18-14)19-12-7-6-10(2)8-11(12)3/h6-9H,4-5H2,1-3H3. The van der Waals surface area contributed by atoms with Crippen molar-refractivity contribution < 1.29 is 0 Å². The summed E-state index contributed by atoms with van der Waals surface area (Å²) in [5.74, 6) is 0.822. The number of halogens is 1. The molecule has 1 aromatic heterocycles. The SMILES string of the molecule is CCCc1nc(Cl)cc(Sc2ccc(C)cc2C)n1. The van der Waals surface area contributed by atoms with E-state index in [1.54, 1.807) is 11.8 Å². The second kappa shape index (κ2) is 6.40. The summed E-state index contributed by atoms with van der Waals surface area (Å²) in [6.45, 7) is 6.33. The van der Waals surface area contributed by atoms with Crippen LogP contribution in [-0.4, -0.2) is 9.97 Å². The lowest BCUT2D eigenvalue weighted by Crippen LogP contribution is -1.96. The first-order chi connectivity index (χ1) is 9.08. The van der Waals surface area contributed by atoms with Gasteiger partial charge in [-0.05, 0) is 31.9 Å². The second-order valence-corrected chi connectivity index (χ2v) is 6.02. The number of benzene rings is 1. The molecule has 0 radical (unpaired) electrons. The number of hydrogen-bond donors (Lipinski definition) is 0. The summed E-state index contributed by atoms with van der Waals surface area (Å²) in [4.78, 5) is 10.0. The van der Waals surface area contributed by atoms with Crippen LogP contribution in [0.25, 0.3) is 0 Å². The van der Waals surface area contributed by atoms with E-state index in [1.807, 2.05) is 6.07 Å². The monoisotopic (exact) mass is 292 g/mol. The lowest BCUT2D eigenvalue weighted by atomic mass is 10.2. The van der Waals surface area contributed by atoms with E-state index in [9.17, 15) is 0 Å². The fourth-order valence-electron chi connectivity index (χ4n) is 1.86. The largest absolute Gasteiger partial charge is 0.226 e. The first-order valence-electron chi connectivity index (χ1n) is 6.37. The molecule has 100 valence electrons. The molecule has 1 heterocycles. The predicted molar refractivity (Wildman–Crippen MR) is 81.1 cm³/mol. The van der Waals surface area contributed by atoms with Crippen molar-refractivity contribution in [2.24, 2.45) is 0 Å². The lowest BCUT2D eigenvalue weighted by Gasteiger charge is -2.07. The molecule has 0 atom stereocenters. The van der Waals surface area contributed by atoms with Gasteiger partial charge in [0.05, 0.1) is 0 Å². The first kappa shape index (κ1) is 14.4. The zero-order chi connectivity index (χ0) is 13.8. The maximum atomic E-state index is 6.05. The summed E-state index contributed by atoms with van der Waals surface area (Å²) in [5.41, 5.74) is 2.53. The lowest BCUT2D eigenvalue weighted by molar-refractivity contribution is 0.809. The molecule has 0 saturated carbocycles. The third kappa shape index (κ3) is 3.95. The molecule has 0 amide bonds. The second-order valence-electron chi connectivity index (χ2n) is 4.57. The highest BCUT2D eigenvalue weighted by atomic mass is 35.5. The summed E-state index contributed by atoms with van der Waals surface area (Å²) >= 11 is 7.69. The average Bonchev–Trinajstić information content (AvgIpc) is 2.32. The molecule has 0 unspecified atom stereocenters. The van der Waals surface area contributed by atoms with E-state index in [2.05, 4.69) is 48.9 Å². The minimum atomic E-state index is 0.519. The van der Waals surface area contributed by atoms with Crippen LogP contribution in [0, 0.1) is 13.8 Å². The molecule has 0 aliphatic rings. The van der Waals surface area contributed by atoms with Crippen LogP contribution in [0.4, 0.5) is 0 Å². The average molecular weight is 293 g/mol. The highest BCUT2D eigenvalue weighted by Crippen LogP contribution is 2.30. The van der Waals surface area contributed by atoms with Crippen molar-refractivity contribution in [2.75, 3.05) is 0 Å². The predicted octanol–water partition coefficient (Wildman–Crippen LogP) is 4.85. The number of nitrogens with zero attached hydrogens (tertiary/aromatic N) is 2. The minimum absolute atomic E-state index is 0.519. The maximum Gasteiger partial charge on any atom is 0.133 e. The van der Waals surface area contributed by atoms with Crippen LogP contribution in [-0.2, 0) is 6.42 Å². The molecule has 0 saturated heterocycles. The van der Waals surface area contributed by atoms with E-state index in [0.29, 0.717) is 5.15 Å². The van der Waals surface area contributed by atoms with Gasteiger partial charge in [0.1, 0.15) is 16.0 Å². The van der Waals surface area contributed by atoms with Crippen LogP contribution in [0.15, 0.2) is 34.2 Å². The molecule has 2 rings (SSSR count). The van der Waals surface area contributed by atoms with Gasteiger partial charge < -0.3 is 0 Å². The molecular weight excluding hydrogens is 276 g/mol. The molecule has 1 aromatic carbocycles. The Morgan fingerprint density at radius 3 is 2.63 bits per heavy atom. The smallest absolute Gasteiger partial charge is 0.133 e. The van der Waals surface area contributed by atoms with Crippen molar-refractivity contribution in [3.05, 3.63) is 46.4 Å². The van der Waals surface area contributed by atoms with Crippen molar-refractivity contribution >= 4 is 23.4 Å². The molecule has 19 heavy (non-hydrogen) atoms. The molecule has 0 spiro atoms. The zero-order valence-corrected chi connectivity index (χ0v) is 13.0. The first-order valence-corrected chi connectivity index (χ1v) is 7.56. The van der Waals surface area contributed by atoms with Gasteiger partial charge in [-0.25, -0.2) is 9.97 Å². The summed E-state index contributed by atoms with van der Waals surface area (Å²) in [6.07, 6.45) is 1.88. The molecule has 0 aliphatic heterocycles. The Labute approximate surface area is 123 Å². The van der Waals surface area contributed by atoms with Crippen molar-refractivity contribution in [3.8, 4) is 0 Å². The Kier molecular flexibility index (Phi) is 4.83. The molecule has 2 aromatic rings. The molecule has 0 aliphatic carbocycles. The maximum absolute atomic E-state index is 6.05. The van der Waals surface area contributed by atoms with E-state index in [1.165, 1.54) is 16.0 Å². The Morgan fingerprint density at radius 2 is 1.95 bits per heavy atom. The normalized spacial score (nSPS) is 10.7. The number of aromatic nitrogens is 2. The summed E-state index contributed by atoms with van der Waals surface area (Å²) < 4.78 is 0. The van der Waals surface area contributed by atoms with E-state index < -0.39 is 0 Å². The minimum Gasteiger partial charge on any atom is -0.226 e. The third-order valence-corrected chi connectivity index (χ3v) is 4.03. The van der Waals surface area contributed by atoms with Gasteiger partial charge in [-0.1, -0.05) is 48.0 Å². The number of rotatable bonds is 4. The van der Waals surface area contributed by atoms with Gasteiger partial charge in [-0.3, -0.25) is 0 Å². The van der Waals surface area contributed by atoms with Crippen molar-refractivity contribution in [2.45, 2.75) is 43.5 Å². The van der Waals surface area contributed by atoms with Crippen molar-refractivity contribution in [3.63, 3.8) is 0 Å². The number of hydrogen-bond acceptors (Lipinski definition) is 3. The Balaban J connectivity index is 2.27. The van der Waals surface area contributed by atoms with Crippen molar-refractivity contribution in [1.82, 2.24) is 9.97 Å². The third-order valence-electron chi connectivity index (χ3n) is 2.74. The molecule has 4 heteroatoms. The van der Waals surface area contributed by atoms with Gasteiger partial charge >= 0.3 is 0 Å². The fraction of sp³-hybridized carbons (Fsp3) is 0.333. The van der Waals surface area contributed by atoms with Crippen molar-refractivity contribution in [1.29, 1.82) is 0 Å². The van der Waals surface area contributed by atoms with Gasteiger partial charge in [-0.2, -0.15) is 0 Å². The van der Waals surface area contributed by atoms with Gasteiger partial charge in [-0.15, -0.1) is 0 Å². The van der Waals surface area contributed by atoms with E-state index in [4.69, 9.17) is 11.6 Å². The van der Waals surface area contributed by atoms with Crippen LogP contribution in [0.2, 0.25) is 5.15 Å². The summed E-state index contributed by atoms with van der Waals surface area (Å²) in [5, 5.41) is 1.43. The summed E-state index contributed by atoms with van der Waals surface area (Å²) in [7, 11) is 0. The molecule has 2 nitrogen and oxygen atoms in total. The van der Waals surface area contributed by atoms with Crippen LogP contribution in [0.3, 0.4) is 0 Å². The van der Waals surface area contributed by atoms with Gasteiger partial charge in [0, 0.05) is 17.4 Å². The highest BCUT2D eigenvalue weighted by Gasteiger charge is 2.06. The van der Waals surface area contributed by atoms with E-state index in [-0.39, 0.29) is 0 Å². The molecule has 0 bridgehead atoms. The van der Waals surface area contributed by atoms with Crippen LogP contribution >= 0.6 is 23.4 Å². The molecule has 0 N–H and O–H groups in total. The van der Waals surface area contributed by atoms with E-state index in [0.717, 1.165) is 23.7 Å². The zero-order valence-electron chi connectivity index (χ0n) is 11.4. The fourth-order valence-corrected chi connectivity index (χ4v) is 3.02. The van der Waals surface area contributed by atoms with Gasteiger partial charge in [0.2, 0.25) is 0 Å². The van der Waals surface area contributed by atoms with Crippen LogP contribution in [0.5, 0.6) is 0 Å². The van der Waals surface area contributed by atoms with Gasteiger partial charge in [0.25, 0.3) is 0 Å².